The van der Waals surface area contributed by atoms with Gasteiger partial charge in [0.2, 0.25) is 0 Å². The predicted molar refractivity (Wildman–Crippen MR) is 74.6 cm³/mol. The maximum atomic E-state index is 6.22. The minimum Gasteiger partial charge on any atom is -0.315 e. The van der Waals surface area contributed by atoms with Gasteiger partial charge in [-0.1, -0.05) is 30.3 Å². The Hall–Kier alpha value is -0.530. The van der Waals surface area contributed by atoms with Gasteiger partial charge in [-0.05, 0) is 50.1 Å². The van der Waals surface area contributed by atoms with Crippen LogP contribution in [0.2, 0.25) is 0 Å². The first kappa shape index (κ1) is 12.9. The molecule has 1 unspecified atom stereocenters. The summed E-state index contributed by atoms with van der Waals surface area (Å²) >= 11 is 6.22. The molecule has 1 atom stereocenters. The van der Waals surface area contributed by atoms with Crippen LogP contribution in [-0.4, -0.2) is 18.5 Å². The number of unbranched alkanes of at least 4 members (excludes halogenated alkanes) is 1. The Bertz CT molecular complexity index is 308. The van der Waals surface area contributed by atoms with Gasteiger partial charge in [-0.2, -0.15) is 0 Å². The molecule has 1 aliphatic rings. The third kappa shape index (κ3) is 5.10. The summed E-state index contributed by atoms with van der Waals surface area (Å²) in [4.78, 5) is 0. The predicted octanol–water partition coefficient (Wildman–Crippen LogP) is 3.62. The van der Waals surface area contributed by atoms with Gasteiger partial charge in [0, 0.05) is 11.9 Å². The van der Waals surface area contributed by atoms with Crippen LogP contribution in [0.4, 0.5) is 0 Å². The highest BCUT2D eigenvalue weighted by Gasteiger charge is 2.28. The first-order valence-electron chi connectivity index (χ1n) is 6.75. The molecule has 1 aromatic rings. The van der Waals surface area contributed by atoms with Crippen LogP contribution in [0.3, 0.4) is 0 Å². The summed E-state index contributed by atoms with van der Waals surface area (Å²) in [7, 11) is 0. The zero-order chi connectivity index (χ0) is 11.9. The Morgan fingerprint density at radius 1 is 1.18 bits per heavy atom. The SMILES string of the molecule is ClC(CNCCCCc1ccccc1)C1CC1. The molecule has 1 fully saturated rings. The summed E-state index contributed by atoms with van der Waals surface area (Å²) in [5, 5.41) is 3.83. The van der Waals surface area contributed by atoms with Crippen LogP contribution < -0.4 is 5.32 Å². The highest BCUT2D eigenvalue weighted by atomic mass is 35.5. The monoisotopic (exact) mass is 251 g/mol. The van der Waals surface area contributed by atoms with Crippen LogP contribution in [0, 0.1) is 5.92 Å². The summed E-state index contributed by atoms with van der Waals surface area (Å²) in [6.45, 7) is 2.08. The normalized spacial score (nSPS) is 17.0. The first-order valence-corrected chi connectivity index (χ1v) is 7.18. The average Bonchev–Trinajstić information content (AvgIpc) is 3.19. The number of alkyl halides is 1. The molecule has 0 amide bonds. The summed E-state index contributed by atoms with van der Waals surface area (Å²) in [6.07, 6.45) is 6.36. The summed E-state index contributed by atoms with van der Waals surface area (Å²) in [5.74, 6) is 0.800. The van der Waals surface area contributed by atoms with Crippen molar-refractivity contribution in [3.05, 3.63) is 35.9 Å². The molecule has 2 heteroatoms. The smallest absolute Gasteiger partial charge is 0.0488 e. The van der Waals surface area contributed by atoms with Gasteiger partial charge >= 0.3 is 0 Å². The lowest BCUT2D eigenvalue weighted by Crippen LogP contribution is -2.25. The molecule has 17 heavy (non-hydrogen) atoms. The maximum absolute atomic E-state index is 6.22. The minimum absolute atomic E-state index is 0.365. The highest BCUT2D eigenvalue weighted by Crippen LogP contribution is 2.35. The van der Waals surface area contributed by atoms with Crippen LogP contribution in [0.1, 0.15) is 31.2 Å². The lowest BCUT2D eigenvalue weighted by atomic mass is 10.1. The van der Waals surface area contributed by atoms with Gasteiger partial charge < -0.3 is 5.32 Å². The molecule has 94 valence electrons. The fourth-order valence-electron chi connectivity index (χ4n) is 2.09. The highest BCUT2D eigenvalue weighted by molar-refractivity contribution is 6.21. The Morgan fingerprint density at radius 2 is 1.94 bits per heavy atom. The van der Waals surface area contributed by atoms with Crippen LogP contribution in [0.5, 0.6) is 0 Å². The Kier molecular flexibility index (Phi) is 5.34. The van der Waals surface area contributed by atoms with Gasteiger partial charge in [-0.15, -0.1) is 11.6 Å². The van der Waals surface area contributed by atoms with Gasteiger partial charge in [0.25, 0.3) is 0 Å². The van der Waals surface area contributed by atoms with E-state index < -0.39 is 0 Å². The van der Waals surface area contributed by atoms with E-state index in [1.54, 1.807) is 0 Å². The number of hydrogen-bond donors (Lipinski definition) is 1. The van der Waals surface area contributed by atoms with E-state index in [-0.39, 0.29) is 0 Å². The van der Waals surface area contributed by atoms with Crippen molar-refractivity contribution in [1.29, 1.82) is 0 Å². The summed E-state index contributed by atoms with van der Waals surface area (Å²) in [5.41, 5.74) is 1.45. The number of hydrogen-bond acceptors (Lipinski definition) is 1. The standard InChI is InChI=1S/C15H22ClN/c16-15(14-9-10-14)12-17-11-5-4-8-13-6-2-1-3-7-13/h1-3,6-7,14-15,17H,4-5,8-12H2. The molecule has 0 saturated heterocycles. The Balaban J connectivity index is 1.46. The van der Waals surface area contributed by atoms with E-state index in [4.69, 9.17) is 11.6 Å². The van der Waals surface area contributed by atoms with E-state index in [1.165, 1.54) is 37.7 Å². The van der Waals surface area contributed by atoms with E-state index in [0.29, 0.717) is 5.38 Å². The first-order chi connectivity index (χ1) is 8.36. The molecule has 0 radical (unpaired) electrons. The molecule has 0 bridgehead atoms. The topological polar surface area (TPSA) is 12.0 Å². The zero-order valence-corrected chi connectivity index (χ0v) is 11.1. The Labute approximate surface area is 110 Å². The van der Waals surface area contributed by atoms with E-state index in [9.17, 15) is 0 Å². The molecule has 1 N–H and O–H groups in total. The van der Waals surface area contributed by atoms with Crippen molar-refractivity contribution in [3.63, 3.8) is 0 Å². The molecule has 1 aromatic carbocycles. The van der Waals surface area contributed by atoms with Crippen molar-refractivity contribution in [2.75, 3.05) is 13.1 Å². The second-order valence-electron chi connectivity index (χ2n) is 5.00. The quantitative estimate of drug-likeness (QED) is 0.550. The maximum Gasteiger partial charge on any atom is 0.0488 e. The molecule has 0 spiro atoms. The van der Waals surface area contributed by atoms with E-state index >= 15 is 0 Å². The van der Waals surface area contributed by atoms with Crippen LogP contribution in [0.15, 0.2) is 30.3 Å². The molecular weight excluding hydrogens is 230 g/mol. The Morgan fingerprint density at radius 3 is 2.65 bits per heavy atom. The number of halogens is 1. The van der Waals surface area contributed by atoms with Crippen molar-refractivity contribution in [1.82, 2.24) is 5.32 Å². The van der Waals surface area contributed by atoms with Crippen molar-refractivity contribution >= 4 is 11.6 Å². The van der Waals surface area contributed by atoms with E-state index in [0.717, 1.165) is 19.0 Å². The van der Waals surface area contributed by atoms with E-state index in [1.807, 2.05) is 0 Å². The van der Waals surface area contributed by atoms with Crippen molar-refractivity contribution in [2.24, 2.45) is 5.92 Å². The molecule has 0 aromatic heterocycles. The van der Waals surface area contributed by atoms with Gasteiger partial charge in [0.05, 0.1) is 0 Å². The zero-order valence-electron chi connectivity index (χ0n) is 10.4. The average molecular weight is 252 g/mol. The summed E-state index contributed by atoms with van der Waals surface area (Å²) < 4.78 is 0. The lowest BCUT2D eigenvalue weighted by molar-refractivity contribution is 0.587. The lowest BCUT2D eigenvalue weighted by Gasteiger charge is -2.09. The van der Waals surface area contributed by atoms with Crippen LogP contribution in [-0.2, 0) is 6.42 Å². The number of rotatable bonds is 8. The van der Waals surface area contributed by atoms with Crippen molar-refractivity contribution in [3.8, 4) is 0 Å². The van der Waals surface area contributed by atoms with Crippen molar-refractivity contribution in [2.45, 2.75) is 37.5 Å². The molecule has 1 saturated carbocycles. The number of benzene rings is 1. The van der Waals surface area contributed by atoms with E-state index in [2.05, 4.69) is 35.6 Å². The number of nitrogens with one attached hydrogen (secondary N) is 1. The molecule has 1 aliphatic carbocycles. The minimum atomic E-state index is 0.365. The number of aryl methyl sites for hydroxylation is 1. The molecule has 0 aliphatic heterocycles. The van der Waals surface area contributed by atoms with Crippen molar-refractivity contribution < 1.29 is 0 Å². The third-order valence-electron chi connectivity index (χ3n) is 3.38. The molecule has 1 nitrogen and oxygen atoms in total. The third-order valence-corrected chi connectivity index (χ3v) is 3.90. The van der Waals surface area contributed by atoms with Crippen LogP contribution >= 0.6 is 11.6 Å². The van der Waals surface area contributed by atoms with Gasteiger partial charge in [-0.3, -0.25) is 0 Å². The molecular formula is C15H22ClN. The molecule has 0 heterocycles. The molecule has 2 rings (SSSR count). The summed E-state index contributed by atoms with van der Waals surface area (Å²) in [6, 6.07) is 10.7. The van der Waals surface area contributed by atoms with Crippen LogP contribution in [0.25, 0.3) is 0 Å². The van der Waals surface area contributed by atoms with Gasteiger partial charge in [-0.25, -0.2) is 0 Å². The fourth-order valence-corrected chi connectivity index (χ4v) is 2.45. The second kappa shape index (κ2) is 7.03. The van der Waals surface area contributed by atoms with Gasteiger partial charge in [0.1, 0.15) is 0 Å². The van der Waals surface area contributed by atoms with Gasteiger partial charge in [0.15, 0.2) is 0 Å². The fraction of sp³-hybridized carbons (Fsp3) is 0.600. The largest absolute Gasteiger partial charge is 0.315 e. The second-order valence-corrected chi connectivity index (χ2v) is 5.56.